The van der Waals surface area contributed by atoms with E-state index in [1.165, 1.54) is 22.1 Å². The third-order valence-electron chi connectivity index (χ3n) is 4.04. The van der Waals surface area contributed by atoms with Gasteiger partial charge in [-0.05, 0) is 47.4 Å². The molecule has 0 bridgehead atoms. The number of para-hydroxylation sites is 1. The zero-order valence-electron chi connectivity index (χ0n) is 14.5. The number of hydrogen-bond donors (Lipinski definition) is 1. The van der Waals surface area contributed by atoms with Crippen molar-refractivity contribution in [2.45, 2.75) is 0 Å². The van der Waals surface area contributed by atoms with Gasteiger partial charge in [-0.2, -0.15) is 4.68 Å². The number of rotatable bonds is 4. The first-order valence-electron chi connectivity index (χ1n) is 8.42. The Morgan fingerprint density at radius 2 is 1.86 bits per heavy atom. The van der Waals surface area contributed by atoms with Gasteiger partial charge in [0.05, 0.1) is 15.8 Å². The highest BCUT2D eigenvalue weighted by Gasteiger charge is 2.14. The Labute approximate surface area is 173 Å². The first kappa shape index (κ1) is 18.3. The Kier molecular flexibility index (Phi) is 5.18. The second kappa shape index (κ2) is 7.92. The van der Waals surface area contributed by atoms with Crippen LogP contribution in [-0.4, -0.2) is 15.6 Å². The lowest BCUT2D eigenvalue weighted by molar-refractivity contribution is -0.112. The van der Waals surface area contributed by atoms with Gasteiger partial charge >= 0.3 is 0 Å². The Bertz CT molecular complexity index is 1230. The van der Waals surface area contributed by atoms with Crippen LogP contribution in [0.2, 0.25) is 0 Å². The molecule has 4 rings (SSSR count). The lowest BCUT2D eigenvalue weighted by atomic mass is 10.2. The predicted molar refractivity (Wildman–Crippen MR) is 117 cm³/mol. The second-order valence-corrected chi connectivity index (χ2v) is 7.79. The van der Waals surface area contributed by atoms with Crippen LogP contribution in [0.15, 0.2) is 81.4 Å². The minimum absolute atomic E-state index is 0.320. The van der Waals surface area contributed by atoms with Crippen molar-refractivity contribution < 1.29 is 4.79 Å². The van der Waals surface area contributed by atoms with Crippen LogP contribution in [0, 0.1) is 0 Å². The molecule has 7 heteroatoms. The van der Waals surface area contributed by atoms with Crippen LogP contribution in [0.1, 0.15) is 5.56 Å². The molecule has 0 atom stereocenters. The molecule has 138 valence electrons. The van der Waals surface area contributed by atoms with Crippen LogP contribution in [0.5, 0.6) is 0 Å². The fourth-order valence-corrected chi connectivity index (χ4v) is 3.67. The maximum atomic E-state index is 13.0. The number of amides is 1. The van der Waals surface area contributed by atoms with E-state index in [9.17, 15) is 9.59 Å². The van der Waals surface area contributed by atoms with Gasteiger partial charge in [-0.3, -0.25) is 15.0 Å². The summed E-state index contributed by atoms with van der Waals surface area (Å²) >= 11 is 4.83. The molecule has 0 aliphatic carbocycles. The van der Waals surface area contributed by atoms with Crippen molar-refractivity contribution in [3.8, 4) is 10.7 Å². The summed E-state index contributed by atoms with van der Waals surface area (Å²) in [5, 5.41) is 2.34. The topological polar surface area (TPSA) is 64.0 Å². The SMILES string of the molecule is O=C(/C=C/c1ccc(Br)cc1)Nn1c(-c2cccs2)nc2ccccc2c1=O. The van der Waals surface area contributed by atoms with E-state index in [-0.39, 0.29) is 5.56 Å². The second-order valence-electron chi connectivity index (χ2n) is 5.93. The van der Waals surface area contributed by atoms with Gasteiger partial charge in [0, 0.05) is 10.5 Å². The number of halogens is 1. The molecule has 2 aromatic carbocycles. The number of carbonyl (C=O) groups excluding carboxylic acids is 1. The Balaban J connectivity index is 1.72. The van der Waals surface area contributed by atoms with E-state index >= 15 is 0 Å². The fourth-order valence-electron chi connectivity index (χ4n) is 2.70. The van der Waals surface area contributed by atoms with Crippen molar-refractivity contribution in [2.24, 2.45) is 0 Å². The molecular weight excluding hydrogens is 438 g/mol. The number of carbonyl (C=O) groups is 1. The first-order chi connectivity index (χ1) is 13.6. The van der Waals surface area contributed by atoms with Crippen molar-refractivity contribution in [1.82, 2.24) is 9.66 Å². The van der Waals surface area contributed by atoms with Gasteiger partial charge in [-0.25, -0.2) is 4.98 Å². The molecule has 0 aliphatic heterocycles. The van der Waals surface area contributed by atoms with E-state index in [4.69, 9.17) is 0 Å². The summed E-state index contributed by atoms with van der Waals surface area (Å²) in [6, 6.07) is 18.4. The summed E-state index contributed by atoms with van der Waals surface area (Å²) in [6.07, 6.45) is 3.08. The van der Waals surface area contributed by atoms with Crippen LogP contribution in [0.4, 0.5) is 0 Å². The number of thiophene rings is 1. The molecule has 5 nitrogen and oxygen atoms in total. The fraction of sp³-hybridized carbons (Fsp3) is 0. The van der Waals surface area contributed by atoms with Crippen LogP contribution in [0.3, 0.4) is 0 Å². The summed E-state index contributed by atoms with van der Waals surface area (Å²) in [4.78, 5) is 30.8. The van der Waals surface area contributed by atoms with Crippen LogP contribution >= 0.6 is 27.3 Å². The summed E-state index contributed by atoms with van der Waals surface area (Å²) in [6.45, 7) is 0. The maximum Gasteiger partial charge on any atom is 0.280 e. The smallest absolute Gasteiger partial charge is 0.268 e. The van der Waals surface area contributed by atoms with Gasteiger partial charge in [-0.15, -0.1) is 11.3 Å². The highest BCUT2D eigenvalue weighted by Crippen LogP contribution is 2.23. The van der Waals surface area contributed by atoms with Crippen molar-refractivity contribution in [1.29, 1.82) is 0 Å². The minimum Gasteiger partial charge on any atom is -0.268 e. The predicted octanol–water partition coefficient (Wildman–Crippen LogP) is 4.67. The lowest BCUT2D eigenvalue weighted by Crippen LogP contribution is -2.34. The molecule has 0 saturated carbocycles. The van der Waals surface area contributed by atoms with E-state index in [0.29, 0.717) is 16.7 Å². The average molecular weight is 452 g/mol. The molecule has 2 aromatic heterocycles. The van der Waals surface area contributed by atoms with Crippen molar-refractivity contribution in [3.05, 3.63) is 92.5 Å². The zero-order valence-corrected chi connectivity index (χ0v) is 16.9. The Morgan fingerprint density at radius 1 is 1.07 bits per heavy atom. The minimum atomic E-state index is -0.417. The van der Waals surface area contributed by atoms with E-state index in [0.717, 1.165) is 14.9 Å². The van der Waals surface area contributed by atoms with Crippen LogP contribution in [0.25, 0.3) is 27.7 Å². The van der Waals surface area contributed by atoms with E-state index in [1.807, 2.05) is 47.8 Å². The van der Waals surface area contributed by atoms with Crippen molar-refractivity contribution >= 4 is 50.2 Å². The Hall–Kier alpha value is -3.03. The normalized spacial score (nSPS) is 11.2. The standard InChI is InChI=1S/C21H14BrN3O2S/c22-15-10-7-14(8-11-15)9-12-19(26)24-25-20(18-6-3-13-28-18)23-17-5-2-1-4-16(17)21(25)27/h1-13H,(H,24,26)/b12-9+. The Morgan fingerprint density at radius 3 is 2.61 bits per heavy atom. The monoisotopic (exact) mass is 451 g/mol. The molecule has 1 N–H and O–H groups in total. The highest BCUT2D eigenvalue weighted by atomic mass is 79.9. The van der Waals surface area contributed by atoms with E-state index in [2.05, 4.69) is 26.3 Å². The zero-order chi connectivity index (χ0) is 19.5. The molecule has 2 heterocycles. The van der Waals surface area contributed by atoms with Crippen LogP contribution < -0.4 is 11.0 Å². The van der Waals surface area contributed by atoms with Gasteiger partial charge in [-0.1, -0.05) is 46.3 Å². The van der Waals surface area contributed by atoms with E-state index in [1.54, 1.807) is 24.3 Å². The highest BCUT2D eigenvalue weighted by molar-refractivity contribution is 9.10. The van der Waals surface area contributed by atoms with Crippen molar-refractivity contribution in [2.75, 3.05) is 5.43 Å². The van der Waals surface area contributed by atoms with Gasteiger partial charge in [0.25, 0.3) is 11.5 Å². The number of fused-ring (bicyclic) bond motifs is 1. The molecule has 4 aromatic rings. The third kappa shape index (κ3) is 3.81. The molecule has 0 aliphatic rings. The number of nitrogens with one attached hydrogen (secondary N) is 1. The number of nitrogens with zero attached hydrogens (tertiary/aromatic N) is 2. The van der Waals surface area contributed by atoms with Gasteiger partial charge in [0.1, 0.15) is 0 Å². The summed E-state index contributed by atoms with van der Waals surface area (Å²) in [5.74, 6) is -0.0102. The van der Waals surface area contributed by atoms with Crippen molar-refractivity contribution in [3.63, 3.8) is 0 Å². The molecule has 0 saturated heterocycles. The number of benzene rings is 2. The summed E-state index contributed by atoms with van der Waals surface area (Å²) in [7, 11) is 0. The summed E-state index contributed by atoms with van der Waals surface area (Å²) < 4.78 is 2.17. The number of aromatic nitrogens is 2. The molecule has 28 heavy (non-hydrogen) atoms. The molecule has 0 radical (unpaired) electrons. The number of hydrogen-bond acceptors (Lipinski definition) is 4. The molecule has 1 amide bonds. The van der Waals surface area contributed by atoms with Gasteiger partial charge in [0.2, 0.25) is 0 Å². The van der Waals surface area contributed by atoms with Gasteiger partial charge < -0.3 is 0 Å². The van der Waals surface area contributed by atoms with E-state index < -0.39 is 5.91 Å². The van der Waals surface area contributed by atoms with Crippen LogP contribution in [-0.2, 0) is 4.79 Å². The lowest BCUT2D eigenvalue weighted by Gasteiger charge is -2.12. The molecule has 0 spiro atoms. The van der Waals surface area contributed by atoms with Gasteiger partial charge in [0.15, 0.2) is 5.82 Å². The quantitative estimate of drug-likeness (QED) is 0.458. The molecule has 0 unspecified atom stereocenters. The third-order valence-corrected chi connectivity index (χ3v) is 5.43. The molecular formula is C21H14BrN3O2S. The maximum absolute atomic E-state index is 13.0. The largest absolute Gasteiger partial charge is 0.280 e. The first-order valence-corrected chi connectivity index (χ1v) is 10.1. The molecule has 0 fully saturated rings. The average Bonchev–Trinajstić information content (AvgIpc) is 3.24. The summed E-state index contributed by atoms with van der Waals surface area (Å²) in [5.41, 5.74) is 3.80.